The summed E-state index contributed by atoms with van der Waals surface area (Å²) in [4.78, 5) is 16.1. The van der Waals surface area contributed by atoms with Gasteiger partial charge in [-0.3, -0.25) is 9.78 Å². The Balaban J connectivity index is 2.77. The van der Waals surface area contributed by atoms with Crippen LogP contribution < -0.4 is 4.90 Å². The van der Waals surface area contributed by atoms with E-state index in [4.69, 9.17) is 5.11 Å². The molecule has 0 unspecified atom stereocenters. The first-order chi connectivity index (χ1) is 6.74. The maximum Gasteiger partial charge on any atom is 0.323 e. The van der Waals surface area contributed by atoms with Gasteiger partial charge in [-0.25, -0.2) is 0 Å². The molecule has 0 fully saturated rings. The van der Waals surface area contributed by atoms with Crippen LogP contribution in [0.4, 0.5) is 5.69 Å². The van der Waals surface area contributed by atoms with Crippen molar-refractivity contribution in [1.82, 2.24) is 4.98 Å². The maximum atomic E-state index is 10.6. The summed E-state index contributed by atoms with van der Waals surface area (Å²) in [7, 11) is 0. The smallest absolute Gasteiger partial charge is 0.323 e. The van der Waals surface area contributed by atoms with Crippen molar-refractivity contribution in [3.63, 3.8) is 0 Å². The number of nitrogens with zero attached hydrogens (tertiary/aromatic N) is 2. The van der Waals surface area contributed by atoms with Crippen molar-refractivity contribution >= 4 is 11.7 Å². The fourth-order valence-electron chi connectivity index (χ4n) is 1.14. The van der Waals surface area contributed by atoms with Gasteiger partial charge in [0.15, 0.2) is 0 Å². The Hall–Kier alpha value is -1.84. The Kier molecular flexibility index (Phi) is 3.67. The van der Waals surface area contributed by atoms with Crippen LogP contribution in [0.3, 0.4) is 0 Å². The van der Waals surface area contributed by atoms with Crippen LogP contribution in [0.15, 0.2) is 37.2 Å². The molecule has 4 heteroatoms. The number of aliphatic carboxylic acids is 1. The minimum absolute atomic E-state index is 0.0317. The highest BCUT2D eigenvalue weighted by Crippen LogP contribution is 2.11. The lowest BCUT2D eigenvalue weighted by molar-refractivity contribution is -0.135. The van der Waals surface area contributed by atoms with E-state index < -0.39 is 5.97 Å². The zero-order valence-corrected chi connectivity index (χ0v) is 7.76. The Labute approximate surface area is 82.5 Å². The number of hydrogen-bond donors (Lipinski definition) is 1. The van der Waals surface area contributed by atoms with Gasteiger partial charge in [0, 0.05) is 24.6 Å². The molecule has 4 nitrogen and oxygen atoms in total. The topological polar surface area (TPSA) is 53.4 Å². The zero-order chi connectivity index (χ0) is 10.4. The third-order valence-electron chi connectivity index (χ3n) is 1.70. The summed E-state index contributed by atoms with van der Waals surface area (Å²) in [6.45, 7) is 4.06. The number of pyridine rings is 1. The fraction of sp³-hybridized carbons (Fsp3) is 0.200. The lowest BCUT2D eigenvalue weighted by Gasteiger charge is -2.20. The third kappa shape index (κ3) is 2.90. The minimum atomic E-state index is -0.858. The molecule has 0 spiro atoms. The van der Waals surface area contributed by atoms with Crippen LogP contribution in [0.25, 0.3) is 0 Å². The van der Waals surface area contributed by atoms with Crippen LogP contribution in [-0.4, -0.2) is 29.1 Å². The van der Waals surface area contributed by atoms with E-state index in [2.05, 4.69) is 11.6 Å². The van der Waals surface area contributed by atoms with Gasteiger partial charge in [-0.15, -0.1) is 6.58 Å². The van der Waals surface area contributed by atoms with Gasteiger partial charge in [-0.2, -0.15) is 0 Å². The van der Waals surface area contributed by atoms with E-state index in [0.717, 1.165) is 5.69 Å². The van der Waals surface area contributed by atoms with Crippen molar-refractivity contribution in [3.05, 3.63) is 37.2 Å². The Morgan fingerprint density at radius 1 is 1.57 bits per heavy atom. The SMILES string of the molecule is C=CCN(CC(=O)O)c1ccncc1. The van der Waals surface area contributed by atoms with Crippen LogP contribution in [-0.2, 0) is 4.79 Å². The number of hydrogen-bond acceptors (Lipinski definition) is 3. The summed E-state index contributed by atoms with van der Waals surface area (Å²) >= 11 is 0. The molecular formula is C10H12N2O2. The molecule has 1 aromatic heterocycles. The van der Waals surface area contributed by atoms with Crippen molar-refractivity contribution < 1.29 is 9.90 Å². The summed E-state index contributed by atoms with van der Waals surface area (Å²) in [5.41, 5.74) is 0.835. The first kappa shape index (κ1) is 10.2. The number of carboxylic acids is 1. The lowest BCUT2D eigenvalue weighted by Crippen LogP contribution is -2.29. The first-order valence-electron chi connectivity index (χ1n) is 4.21. The quantitative estimate of drug-likeness (QED) is 0.711. The molecule has 74 valence electrons. The molecule has 0 aliphatic rings. The van der Waals surface area contributed by atoms with E-state index in [-0.39, 0.29) is 6.54 Å². The summed E-state index contributed by atoms with van der Waals surface area (Å²) in [6, 6.07) is 3.54. The van der Waals surface area contributed by atoms with Gasteiger partial charge in [0.2, 0.25) is 0 Å². The largest absolute Gasteiger partial charge is 0.480 e. The fourth-order valence-corrected chi connectivity index (χ4v) is 1.14. The minimum Gasteiger partial charge on any atom is -0.480 e. The predicted molar refractivity (Wildman–Crippen MR) is 54.3 cm³/mol. The number of aromatic nitrogens is 1. The monoisotopic (exact) mass is 192 g/mol. The van der Waals surface area contributed by atoms with E-state index in [1.54, 1.807) is 35.5 Å². The summed E-state index contributed by atoms with van der Waals surface area (Å²) in [5.74, 6) is -0.858. The number of rotatable bonds is 5. The molecule has 0 aliphatic carbocycles. The van der Waals surface area contributed by atoms with Gasteiger partial charge in [0.05, 0.1) is 0 Å². The van der Waals surface area contributed by atoms with Crippen LogP contribution in [0.5, 0.6) is 0 Å². The molecule has 0 aromatic carbocycles. The van der Waals surface area contributed by atoms with E-state index in [0.29, 0.717) is 6.54 Å². The molecule has 1 heterocycles. The predicted octanol–water partition coefficient (Wildman–Crippen LogP) is 1.16. The Morgan fingerprint density at radius 3 is 2.71 bits per heavy atom. The third-order valence-corrected chi connectivity index (χ3v) is 1.70. The maximum absolute atomic E-state index is 10.6. The van der Waals surface area contributed by atoms with Gasteiger partial charge in [-0.05, 0) is 12.1 Å². The number of carboxylic acid groups (broad SMARTS) is 1. The number of carbonyl (C=O) groups is 1. The molecule has 0 saturated heterocycles. The Morgan fingerprint density at radius 2 is 2.21 bits per heavy atom. The van der Waals surface area contributed by atoms with Crippen LogP contribution in [0.1, 0.15) is 0 Å². The molecule has 0 radical (unpaired) electrons. The molecular weight excluding hydrogens is 180 g/mol. The van der Waals surface area contributed by atoms with Gasteiger partial charge in [0.1, 0.15) is 6.54 Å². The van der Waals surface area contributed by atoms with Crippen molar-refractivity contribution in [3.8, 4) is 0 Å². The van der Waals surface area contributed by atoms with Crippen LogP contribution in [0.2, 0.25) is 0 Å². The van der Waals surface area contributed by atoms with Crippen LogP contribution >= 0.6 is 0 Å². The van der Waals surface area contributed by atoms with Crippen molar-refractivity contribution in [2.75, 3.05) is 18.0 Å². The molecule has 0 saturated carbocycles. The number of anilines is 1. The average molecular weight is 192 g/mol. The van der Waals surface area contributed by atoms with Gasteiger partial charge >= 0.3 is 5.97 Å². The van der Waals surface area contributed by atoms with Crippen LogP contribution in [0, 0.1) is 0 Å². The highest BCUT2D eigenvalue weighted by molar-refractivity contribution is 5.73. The first-order valence-corrected chi connectivity index (χ1v) is 4.21. The summed E-state index contributed by atoms with van der Waals surface area (Å²) in [6.07, 6.45) is 4.93. The summed E-state index contributed by atoms with van der Waals surface area (Å²) in [5, 5.41) is 8.68. The molecule has 1 aromatic rings. The normalized spacial score (nSPS) is 9.43. The van der Waals surface area contributed by atoms with E-state index in [9.17, 15) is 4.79 Å². The second-order valence-corrected chi connectivity index (χ2v) is 2.77. The van der Waals surface area contributed by atoms with E-state index in [1.807, 2.05) is 0 Å². The second-order valence-electron chi connectivity index (χ2n) is 2.77. The van der Waals surface area contributed by atoms with E-state index in [1.165, 1.54) is 0 Å². The molecule has 0 amide bonds. The average Bonchev–Trinajstić information content (AvgIpc) is 2.18. The molecule has 0 bridgehead atoms. The molecule has 1 N–H and O–H groups in total. The summed E-state index contributed by atoms with van der Waals surface area (Å²) < 4.78 is 0. The zero-order valence-electron chi connectivity index (χ0n) is 7.76. The molecule has 0 aliphatic heterocycles. The molecule has 14 heavy (non-hydrogen) atoms. The van der Waals surface area contributed by atoms with Crippen molar-refractivity contribution in [1.29, 1.82) is 0 Å². The standard InChI is InChI=1S/C10H12N2O2/c1-2-7-12(8-10(13)14)9-3-5-11-6-4-9/h2-6H,1,7-8H2,(H,13,14). The molecule has 0 atom stereocenters. The van der Waals surface area contributed by atoms with Gasteiger partial charge in [0.25, 0.3) is 0 Å². The highest BCUT2D eigenvalue weighted by Gasteiger charge is 2.07. The second kappa shape index (κ2) is 5.01. The van der Waals surface area contributed by atoms with E-state index >= 15 is 0 Å². The van der Waals surface area contributed by atoms with Crippen molar-refractivity contribution in [2.24, 2.45) is 0 Å². The van der Waals surface area contributed by atoms with Crippen molar-refractivity contribution in [2.45, 2.75) is 0 Å². The van der Waals surface area contributed by atoms with Gasteiger partial charge in [-0.1, -0.05) is 6.08 Å². The Bertz CT molecular complexity index is 311. The highest BCUT2D eigenvalue weighted by atomic mass is 16.4. The van der Waals surface area contributed by atoms with Gasteiger partial charge < -0.3 is 10.0 Å². The molecule has 1 rings (SSSR count). The lowest BCUT2D eigenvalue weighted by atomic mass is 10.3.